The van der Waals surface area contributed by atoms with Crippen molar-refractivity contribution in [2.24, 2.45) is 0 Å². The van der Waals surface area contributed by atoms with Crippen LogP contribution in [0.15, 0.2) is 41.3 Å². The minimum absolute atomic E-state index is 0.0184. The molecule has 2 aromatic carbocycles. The summed E-state index contributed by atoms with van der Waals surface area (Å²) in [6.45, 7) is 0.107. The maximum Gasteiger partial charge on any atom is 0.335 e. The lowest BCUT2D eigenvalue weighted by Crippen LogP contribution is -2.31. The molecule has 0 aromatic heterocycles. The molecule has 0 atom stereocenters. The molecular weight excluding hydrogens is 480 g/mol. The standard InChI is InChI=1S/C23H22N2O7S2/c1-30-16-10-13(11-17(31-2)20(16)32-3)12-18-21(27)25(23(33)34-18)9-8-19(26)24-15-6-4-14(5-7-15)22(28)29/h4-7,10-12H,8-9H2,1-3H3,(H,24,26)(H,28,29)/b18-12+. The van der Waals surface area contributed by atoms with Crippen molar-refractivity contribution in [3.63, 3.8) is 0 Å². The van der Waals surface area contributed by atoms with Crippen molar-refractivity contribution in [1.82, 2.24) is 4.90 Å². The van der Waals surface area contributed by atoms with Crippen LogP contribution < -0.4 is 19.5 Å². The van der Waals surface area contributed by atoms with Crippen LogP contribution in [0.25, 0.3) is 6.08 Å². The van der Waals surface area contributed by atoms with Gasteiger partial charge < -0.3 is 24.6 Å². The number of ether oxygens (including phenoxy) is 3. The number of benzene rings is 2. The molecule has 1 heterocycles. The number of carbonyl (C=O) groups excluding carboxylic acids is 2. The highest BCUT2D eigenvalue weighted by Gasteiger charge is 2.32. The van der Waals surface area contributed by atoms with Gasteiger partial charge in [0.25, 0.3) is 5.91 Å². The lowest BCUT2D eigenvalue weighted by atomic mass is 10.1. The van der Waals surface area contributed by atoms with Gasteiger partial charge in [-0.05, 0) is 48.0 Å². The van der Waals surface area contributed by atoms with Gasteiger partial charge in [-0.2, -0.15) is 0 Å². The molecule has 178 valence electrons. The minimum Gasteiger partial charge on any atom is -0.493 e. The zero-order valence-corrected chi connectivity index (χ0v) is 20.2. The number of thioether (sulfide) groups is 1. The molecule has 0 spiro atoms. The highest BCUT2D eigenvalue weighted by Crippen LogP contribution is 2.40. The molecule has 0 unspecified atom stereocenters. The molecule has 1 aliphatic rings. The Morgan fingerprint density at radius 2 is 1.71 bits per heavy atom. The topological polar surface area (TPSA) is 114 Å². The Kier molecular flexibility index (Phi) is 8.13. The summed E-state index contributed by atoms with van der Waals surface area (Å²) >= 11 is 6.48. The highest BCUT2D eigenvalue weighted by molar-refractivity contribution is 8.26. The van der Waals surface area contributed by atoms with Crippen molar-refractivity contribution in [2.75, 3.05) is 33.2 Å². The Labute approximate surface area is 205 Å². The van der Waals surface area contributed by atoms with Gasteiger partial charge in [-0.3, -0.25) is 14.5 Å². The number of hydrogen-bond acceptors (Lipinski definition) is 8. The first-order valence-electron chi connectivity index (χ1n) is 9.96. The lowest BCUT2D eigenvalue weighted by molar-refractivity contribution is -0.122. The highest BCUT2D eigenvalue weighted by atomic mass is 32.2. The summed E-state index contributed by atoms with van der Waals surface area (Å²) in [5.74, 6) is -0.327. The number of methoxy groups -OCH3 is 3. The van der Waals surface area contributed by atoms with E-state index in [2.05, 4.69) is 5.32 Å². The molecule has 2 aromatic rings. The van der Waals surface area contributed by atoms with Gasteiger partial charge in [-0.15, -0.1) is 0 Å². The van der Waals surface area contributed by atoms with Gasteiger partial charge in [0.1, 0.15) is 4.32 Å². The minimum atomic E-state index is -1.05. The predicted molar refractivity (Wildman–Crippen MR) is 133 cm³/mol. The van der Waals surface area contributed by atoms with E-state index in [1.54, 1.807) is 18.2 Å². The maximum absolute atomic E-state index is 12.9. The number of carboxylic acids is 1. The zero-order chi connectivity index (χ0) is 24.8. The first-order valence-corrected chi connectivity index (χ1v) is 11.2. The predicted octanol–water partition coefficient (Wildman–Crippen LogP) is 3.64. The van der Waals surface area contributed by atoms with E-state index in [-0.39, 0.29) is 30.3 Å². The van der Waals surface area contributed by atoms with Crippen LogP contribution in [0.4, 0.5) is 5.69 Å². The maximum atomic E-state index is 12.9. The first kappa shape index (κ1) is 25.1. The van der Waals surface area contributed by atoms with Gasteiger partial charge >= 0.3 is 5.97 Å². The second-order valence-electron chi connectivity index (χ2n) is 6.97. The summed E-state index contributed by atoms with van der Waals surface area (Å²) in [7, 11) is 4.52. The van der Waals surface area contributed by atoms with Crippen LogP contribution in [-0.2, 0) is 9.59 Å². The normalized spacial score (nSPS) is 14.3. The third-order valence-corrected chi connectivity index (χ3v) is 6.21. The molecule has 0 bridgehead atoms. The number of rotatable bonds is 9. The molecule has 2 N–H and O–H groups in total. The number of carboxylic acid groups (broad SMARTS) is 1. The largest absolute Gasteiger partial charge is 0.493 e. The smallest absolute Gasteiger partial charge is 0.335 e. The third-order valence-electron chi connectivity index (χ3n) is 4.84. The number of amides is 2. The fourth-order valence-electron chi connectivity index (χ4n) is 3.16. The molecule has 1 fully saturated rings. The fraction of sp³-hybridized carbons (Fsp3) is 0.217. The van der Waals surface area contributed by atoms with Crippen molar-refractivity contribution in [3.05, 3.63) is 52.4 Å². The number of thiocarbonyl (C=S) groups is 1. The van der Waals surface area contributed by atoms with Crippen molar-refractivity contribution in [1.29, 1.82) is 0 Å². The van der Waals surface area contributed by atoms with E-state index in [4.69, 9.17) is 31.5 Å². The van der Waals surface area contributed by atoms with Crippen LogP contribution in [-0.4, -0.2) is 60.0 Å². The van der Waals surface area contributed by atoms with E-state index in [0.717, 1.165) is 11.8 Å². The molecule has 1 saturated heterocycles. The van der Waals surface area contributed by atoms with E-state index in [0.29, 0.717) is 37.7 Å². The van der Waals surface area contributed by atoms with Crippen molar-refractivity contribution >= 4 is 57.8 Å². The van der Waals surface area contributed by atoms with Crippen molar-refractivity contribution in [2.45, 2.75) is 6.42 Å². The van der Waals surface area contributed by atoms with E-state index >= 15 is 0 Å². The van der Waals surface area contributed by atoms with E-state index < -0.39 is 5.97 Å². The molecule has 0 saturated carbocycles. The average Bonchev–Trinajstić information content (AvgIpc) is 3.09. The molecule has 3 rings (SSSR count). The summed E-state index contributed by atoms with van der Waals surface area (Å²) < 4.78 is 16.4. The summed E-state index contributed by atoms with van der Waals surface area (Å²) in [5.41, 5.74) is 1.25. The fourth-order valence-corrected chi connectivity index (χ4v) is 4.47. The van der Waals surface area contributed by atoms with Crippen LogP contribution in [0, 0.1) is 0 Å². The molecule has 34 heavy (non-hydrogen) atoms. The molecule has 11 heteroatoms. The van der Waals surface area contributed by atoms with Crippen LogP contribution in [0.5, 0.6) is 17.2 Å². The van der Waals surface area contributed by atoms with Crippen LogP contribution in [0.2, 0.25) is 0 Å². The number of carbonyl (C=O) groups is 3. The van der Waals surface area contributed by atoms with Gasteiger partial charge in [0.2, 0.25) is 11.7 Å². The average molecular weight is 503 g/mol. The zero-order valence-electron chi connectivity index (χ0n) is 18.6. The Morgan fingerprint density at radius 1 is 1.09 bits per heavy atom. The number of aromatic carboxylic acids is 1. The molecule has 0 aliphatic carbocycles. The molecule has 0 radical (unpaired) electrons. The van der Waals surface area contributed by atoms with Crippen LogP contribution in [0.3, 0.4) is 0 Å². The Hall–Kier alpha value is -3.57. The van der Waals surface area contributed by atoms with E-state index in [1.165, 1.54) is 50.5 Å². The van der Waals surface area contributed by atoms with Gasteiger partial charge in [0.05, 0.1) is 31.8 Å². The summed E-state index contributed by atoms with van der Waals surface area (Å²) in [4.78, 5) is 37.9. The lowest BCUT2D eigenvalue weighted by Gasteiger charge is -2.14. The van der Waals surface area contributed by atoms with Crippen LogP contribution >= 0.6 is 24.0 Å². The summed E-state index contributed by atoms with van der Waals surface area (Å²) in [6, 6.07) is 9.23. The van der Waals surface area contributed by atoms with Crippen molar-refractivity contribution < 1.29 is 33.7 Å². The molecule has 2 amide bonds. The van der Waals surface area contributed by atoms with E-state index in [9.17, 15) is 14.4 Å². The number of nitrogens with one attached hydrogen (secondary N) is 1. The Bertz CT molecular complexity index is 1140. The number of hydrogen-bond donors (Lipinski definition) is 2. The summed E-state index contributed by atoms with van der Waals surface area (Å²) in [5, 5.41) is 11.6. The second kappa shape index (κ2) is 11.0. The number of anilines is 1. The van der Waals surface area contributed by atoms with Gasteiger partial charge in [-0.1, -0.05) is 24.0 Å². The van der Waals surface area contributed by atoms with Crippen LogP contribution in [0.1, 0.15) is 22.3 Å². The van der Waals surface area contributed by atoms with Gasteiger partial charge in [-0.25, -0.2) is 4.79 Å². The first-order chi connectivity index (χ1) is 16.3. The Morgan fingerprint density at radius 3 is 2.24 bits per heavy atom. The monoisotopic (exact) mass is 502 g/mol. The number of nitrogens with zero attached hydrogens (tertiary/aromatic N) is 1. The molecular formula is C23H22N2O7S2. The van der Waals surface area contributed by atoms with Crippen molar-refractivity contribution in [3.8, 4) is 17.2 Å². The quantitative estimate of drug-likeness (QED) is 0.392. The second-order valence-corrected chi connectivity index (χ2v) is 8.65. The summed E-state index contributed by atoms with van der Waals surface area (Å²) in [6.07, 6.45) is 1.69. The third kappa shape index (κ3) is 5.67. The van der Waals surface area contributed by atoms with Gasteiger partial charge in [0.15, 0.2) is 11.5 Å². The Balaban J connectivity index is 1.67. The van der Waals surface area contributed by atoms with Gasteiger partial charge in [0, 0.05) is 18.7 Å². The van der Waals surface area contributed by atoms with E-state index in [1.807, 2.05) is 0 Å². The SMILES string of the molecule is COc1cc(/C=C2/SC(=S)N(CCC(=O)Nc3ccc(C(=O)O)cc3)C2=O)cc(OC)c1OC. The molecule has 1 aliphatic heterocycles. The molecule has 9 nitrogen and oxygen atoms in total.